The summed E-state index contributed by atoms with van der Waals surface area (Å²) in [5, 5.41) is 74.8. The molecule has 1 rings (SSSR count). The molecule has 0 aromatic heterocycles. The Morgan fingerprint density at radius 2 is 1.32 bits per heavy atom. The number of carbonyl (C=O) groups excluding carboxylic acids is 1. The number of nitrogens with one attached hydrogen (secondary N) is 1. The first kappa shape index (κ1) is 43.4. The van der Waals surface area contributed by atoms with E-state index < -0.39 is 74.2 Å². The van der Waals surface area contributed by atoms with E-state index in [2.05, 4.69) is 49.5 Å². The van der Waals surface area contributed by atoms with Gasteiger partial charge in [-0.15, -0.1) is 0 Å². The van der Waals surface area contributed by atoms with Crippen molar-refractivity contribution in [3.05, 3.63) is 36.5 Å². The zero-order valence-electron chi connectivity index (χ0n) is 28.7. The Morgan fingerprint density at radius 3 is 1.96 bits per heavy atom. The van der Waals surface area contributed by atoms with E-state index in [1.165, 1.54) is 12.8 Å². The fourth-order valence-corrected chi connectivity index (χ4v) is 5.26. The average Bonchev–Trinajstić information content (AvgIpc) is 3.07. The van der Waals surface area contributed by atoms with Gasteiger partial charge in [0.1, 0.15) is 36.6 Å². The molecular weight excluding hydrogens is 606 g/mol. The van der Waals surface area contributed by atoms with Crippen LogP contribution in [0.15, 0.2) is 36.5 Å². The molecule has 9 atom stereocenters. The van der Waals surface area contributed by atoms with E-state index in [1.807, 2.05) is 6.08 Å². The number of hydrogen-bond donors (Lipinski definition) is 8. The maximum Gasteiger partial charge on any atom is 0.249 e. The molecule has 9 unspecified atom stereocenters. The molecule has 1 heterocycles. The van der Waals surface area contributed by atoms with Gasteiger partial charge in [-0.1, -0.05) is 88.8 Å². The number of rotatable bonds is 27. The van der Waals surface area contributed by atoms with Crippen molar-refractivity contribution in [1.82, 2.24) is 5.32 Å². The van der Waals surface area contributed by atoms with E-state index in [4.69, 9.17) is 9.47 Å². The molecule has 1 amide bonds. The third kappa shape index (κ3) is 18.6. The van der Waals surface area contributed by atoms with Gasteiger partial charge in [-0.3, -0.25) is 4.79 Å². The molecule has 0 radical (unpaired) electrons. The van der Waals surface area contributed by atoms with Gasteiger partial charge in [0.25, 0.3) is 0 Å². The maximum absolute atomic E-state index is 12.9. The molecule has 274 valence electrons. The lowest BCUT2D eigenvalue weighted by Crippen LogP contribution is -2.60. The van der Waals surface area contributed by atoms with Crippen LogP contribution in [0.1, 0.15) is 117 Å². The van der Waals surface area contributed by atoms with Gasteiger partial charge in [-0.05, 0) is 64.2 Å². The van der Waals surface area contributed by atoms with Crippen molar-refractivity contribution in [1.29, 1.82) is 0 Å². The van der Waals surface area contributed by atoms with Crippen LogP contribution in [0.4, 0.5) is 0 Å². The van der Waals surface area contributed by atoms with Crippen molar-refractivity contribution >= 4 is 5.91 Å². The predicted octanol–water partition coefficient (Wildman–Crippen LogP) is 3.32. The second kappa shape index (κ2) is 27.2. The molecule has 1 aliphatic rings. The molecule has 0 aliphatic carbocycles. The zero-order chi connectivity index (χ0) is 34.9. The first-order chi connectivity index (χ1) is 22.7. The summed E-state index contributed by atoms with van der Waals surface area (Å²) < 4.78 is 11.0. The molecule has 0 aromatic rings. The molecule has 0 saturated carbocycles. The van der Waals surface area contributed by atoms with Crippen molar-refractivity contribution in [2.75, 3.05) is 13.2 Å². The Bertz CT molecular complexity index is 867. The van der Waals surface area contributed by atoms with Crippen LogP contribution in [0, 0.1) is 0 Å². The van der Waals surface area contributed by atoms with Crippen LogP contribution in [0.3, 0.4) is 0 Å². The molecule has 1 saturated heterocycles. The van der Waals surface area contributed by atoms with Crippen LogP contribution < -0.4 is 5.32 Å². The lowest BCUT2D eigenvalue weighted by atomic mass is 9.98. The van der Waals surface area contributed by atoms with Gasteiger partial charge in [-0.2, -0.15) is 0 Å². The third-order valence-electron chi connectivity index (χ3n) is 8.37. The minimum Gasteiger partial charge on any atom is -0.394 e. The quantitative estimate of drug-likeness (QED) is 0.0475. The highest BCUT2D eigenvalue weighted by Gasteiger charge is 2.44. The van der Waals surface area contributed by atoms with E-state index in [1.54, 1.807) is 0 Å². The number of carbonyl (C=O) groups is 1. The van der Waals surface area contributed by atoms with Gasteiger partial charge in [0, 0.05) is 0 Å². The number of aliphatic hydroxyl groups excluding tert-OH is 7. The summed E-state index contributed by atoms with van der Waals surface area (Å²) in [5.41, 5.74) is 0. The molecule has 11 heteroatoms. The van der Waals surface area contributed by atoms with Crippen molar-refractivity contribution in [2.24, 2.45) is 0 Å². The van der Waals surface area contributed by atoms with Gasteiger partial charge in [0.2, 0.25) is 5.91 Å². The van der Waals surface area contributed by atoms with Gasteiger partial charge >= 0.3 is 0 Å². The van der Waals surface area contributed by atoms with E-state index in [-0.39, 0.29) is 12.8 Å². The zero-order valence-corrected chi connectivity index (χ0v) is 28.7. The summed E-state index contributed by atoms with van der Waals surface area (Å²) in [6.07, 6.45) is 15.2. The van der Waals surface area contributed by atoms with Crippen molar-refractivity contribution < 1.29 is 50.0 Å². The van der Waals surface area contributed by atoms with Crippen LogP contribution in [0.5, 0.6) is 0 Å². The summed E-state index contributed by atoms with van der Waals surface area (Å²) in [5.74, 6) is -0.728. The topological polar surface area (TPSA) is 189 Å². The Morgan fingerprint density at radius 1 is 0.723 bits per heavy atom. The molecule has 1 fully saturated rings. The van der Waals surface area contributed by atoms with Crippen LogP contribution in [-0.2, 0) is 14.3 Å². The van der Waals surface area contributed by atoms with Crippen LogP contribution in [0.2, 0.25) is 0 Å². The van der Waals surface area contributed by atoms with Crippen molar-refractivity contribution in [3.63, 3.8) is 0 Å². The summed E-state index contributed by atoms with van der Waals surface area (Å²) in [4.78, 5) is 12.9. The maximum atomic E-state index is 12.9. The predicted molar refractivity (Wildman–Crippen MR) is 182 cm³/mol. The summed E-state index contributed by atoms with van der Waals surface area (Å²) in [7, 11) is 0. The van der Waals surface area contributed by atoms with Crippen LogP contribution >= 0.6 is 0 Å². The summed E-state index contributed by atoms with van der Waals surface area (Å²) in [6, 6.07) is -1.19. The SMILES string of the molecule is CCC/C=C/CC/C=C/CCCC(O)C(O)C(COC1OC(CO)C(O)C(O)C1O)NC(=O)C(O)CCCCCC/C=C\CCCC. The average molecular weight is 672 g/mol. The Kier molecular flexibility index (Phi) is 25.1. The van der Waals surface area contributed by atoms with E-state index in [0.29, 0.717) is 19.3 Å². The number of amides is 1. The largest absolute Gasteiger partial charge is 0.394 e. The molecule has 0 aromatic carbocycles. The van der Waals surface area contributed by atoms with Crippen LogP contribution in [0.25, 0.3) is 0 Å². The highest BCUT2D eigenvalue weighted by Crippen LogP contribution is 2.23. The highest BCUT2D eigenvalue weighted by molar-refractivity contribution is 5.80. The van der Waals surface area contributed by atoms with Crippen molar-refractivity contribution in [2.45, 2.75) is 172 Å². The number of hydrogen-bond acceptors (Lipinski definition) is 10. The lowest BCUT2D eigenvalue weighted by Gasteiger charge is -2.40. The number of ether oxygens (including phenoxy) is 2. The second-order valence-corrected chi connectivity index (χ2v) is 12.6. The molecule has 8 N–H and O–H groups in total. The van der Waals surface area contributed by atoms with E-state index in [9.17, 15) is 40.5 Å². The van der Waals surface area contributed by atoms with Gasteiger partial charge < -0.3 is 50.5 Å². The molecule has 0 bridgehead atoms. The molecule has 47 heavy (non-hydrogen) atoms. The fourth-order valence-electron chi connectivity index (χ4n) is 5.26. The standard InChI is InChI=1S/C36H65NO10/c1-3-5-7-9-11-13-15-17-19-21-23-28(39)31(41)27(26-46-36-34(44)33(43)32(42)30(25-38)47-36)37-35(45)29(40)24-22-20-18-16-14-12-10-8-6-4-2/h7,9-10,12,15,17,27-34,36,38-44H,3-6,8,11,13-14,16,18-26H2,1-2H3,(H,37,45)/b9-7+,12-10-,17-15+. The normalized spacial score (nSPS) is 24.7. The van der Waals surface area contributed by atoms with Gasteiger partial charge in [0.15, 0.2) is 6.29 Å². The smallest absolute Gasteiger partial charge is 0.249 e. The second-order valence-electron chi connectivity index (χ2n) is 12.6. The lowest BCUT2D eigenvalue weighted by molar-refractivity contribution is -0.303. The number of allylic oxidation sites excluding steroid dienone is 6. The molecule has 1 aliphatic heterocycles. The summed E-state index contributed by atoms with van der Waals surface area (Å²) in [6.45, 7) is 3.22. The van der Waals surface area contributed by atoms with Crippen LogP contribution in [-0.4, -0.2) is 110 Å². The number of unbranched alkanes of at least 4 members (excludes halogenated alkanes) is 9. The monoisotopic (exact) mass is 671 g/mol. The Balaban J connectivity index is 2.67. The first-order valence-electron chi connectivity index (χ1n) is 17.9. The van der Waals surface area contributed by atoms with Gasteiger partial charge in [-0.25, -0.2) is 0 Å². The number of aliphatic hydroxyl groups is 7. The van der Waals surface area contributed by atoms with Crippen molar-refractivity contribution in [3.8, 4) is 0 Å². The Labute approximate surface area is 282 Å². The molecular formula is C36H65NO10. The molecule has 11 nitrogen and oxygen atoms in total. The summed E-state index contributed by atoms with van der Waals surface area (Å²) >= 11 is 0. The molecule has 0 spiro atoms. The minimum atomic E-state index is -1.67. The van der Waals surface area contributed by atoms with Gasteiger partial charge in [0.05, 0.1) is 25.4 Å². The fraction of sp³-hybridized carbons (Fsp3) is 0.806. The Hall–Kier alpha value is -1.67. The first-order valence-corrected chi connectivity index (χ1v) is 17.9. The minimum absolute atomic E-state index is 0.234. The third-order valence-corrected chi connectivity index (χ3v) is 8.37. The van der Waals surface area contributed by atoms with E-state index in [0.717, 1.165) is 57.8 Å². The van der Waals surface area contributed by atoms with E-state index >= 15 is 0 Å². The highest BCUT2D eigenvalue weighted by atomic mass is 16.7.